The van der Waals surface area contributed by atoms with Gasteiger partial charge < -0.3 is 24.5 Å². The maximum Gasteiger partial charge on any atom is 0.490 e. The van der Waals surface area contributed by atoms with Crippen LogP contribution >= 0.6 is 23.2 Å². The highest BCUT2D eigenvalue weighted by Gasteiger charge is 2.38. The molecule has 0 saturated carbocycles. The van der Waals surface area contributed by atoms with E-state index in [0.717, 1.165) is 44.1 Å². The van der Waals surface area contributed by atoms with Crippen LogP contribution in [0.5, 0.6) is 5.75 Å². The normalized spacial score (nSPS) is 17.4. The highest BCUT2D eigenvalue weighted by molar-refractivity contribution is 6.43. The quantitative estimate of drug-likeness (QED) is 0.359. The molecule has 4 rings (SSSR count). The maximum atomic E-state index is 12.9. The van der Waals surface area contributed by atoms with Gasteiger partial charge in [-0.3, -0.25) is 4.79 Å². The molecule has 2 heterocycles. The number of halogens is 5. The molecule has 0 atom stereocenters. The van der Waals surface area contributed by atoms with Crippen LogP contribution in [0.3, 0.4) is 0 Å². The smallest absolute Gasteiger partial charge is 0.490 e. The number of anilines is 1. The number of benzene rings is 2. The molecule has 7 nitrogen and oxygen atoms in total. The van der Waals surface area contributed by atoms with Gasteiger partial charge in [-0.1, -0.05) is 43.1 Å². The van der Waals surface area contributed by atoms with Crippen molar-refractivity contribution in [3.8, 4) is 5.75 Å². The number of carbonyl (C=O) groups excluding carboxylic acids is 1. The van der Waals surface area contributed by atoms with Crippen molar-refractivity contribution in [1.82, 2.24) is 9.80 Å². The van der Waals surface area contributed by atoms with E-state index >= 15 is 0 Å². The number of carboxylic acid groups (broad SMARTS) is 1. The third-order valence-electron chi connectivity index (χ3n) is 7.06. The van der Waals surface area contributed by atoms with Crippen LogP contribution in [0, 0.1) is 5.41 Å². The summed E-state index contributed by atoms with van der Waals surface area (Å²) in [4.78, 5) is 28.5. The van der Waals surface area contributed by atoms with Crippen LogP contribution in [0.15, 0.2) is 42.5 Å². The Morgan fingerprint density at radius 2 is 1.63 bits per heavy atom. The zero-order valence-corrected chi connectivity index (χ0v) is 24.7. The fraction of sp³-hybridized carbons (Fsp3) is 0.517. The van der Waals surface area contributed by atoms with Gasteiger partial charge in [0.05, 0.1) is 22.2 Å². The Balaban J connectivity index is 0.000000587. The van der Waals surface area contributed by atoms with E-state index in [2.05, 4.69) is 35.8 Å². The van der Waals surface area contributed by atoms with Gasteiger partial charge >= 0.3 is 12.1 Å². The number of ether oxygens (including phenoxy) is 1. The van der Waals surface area contributed by atoms with Crippen molar-refractivity contribution in [2.75, 3.05) is 57.3 Å². The predicted molar refractivity (Wildman–Crippen MR) is 154 cm³/mol. The highest BCUT2D eigenvalue weighted by atomic mass is 35.5. The molecule has 2 aliphatic heterocycles. The molecule has 2 saturated heterocycles. The molecule has 1 amide bonds. The van der Waals surface area contributed by atoms with Crippen LogP contribution in [0.4, 0.5) is 18.9 Å². The average molecular weight is 619 g/mol. The Bertz CT molecular complexity index is 1170. The Morgan fingerprint density at radius 3 is 2.22 bits per heavy atom. The zero-order chi connectivity index (χ0) is 30.2. The summed E-state index contributed by atoms with van der Waals surface area (Å²) in [5.74, 6) is -1.91. The summed E-state index contributed by atoms with van der Waals surface area (Å²) < 4.78 is 37.7. The number of amides is 1. The number of rotatable bonds is 7. The fourth-order valence-electron chi connectivity index (χ4n) is 4.97. The highest BCUT2D eigenvalue weighted by Crippen LogP contribution is 2.29. The molecule has 0 bridgehead atoms. The van der Waals surface area contributed by atoms with Gasteiger partial charge in [0.15, 0.2) is 0 Å². The monoisotopic (exact) mass is 617 g/mol. The van der Waals surface area contributed by atoms with Crippen molar-refractivity contribution in [3.05, 3.63) is 58.1 Å². The van der Waals surface area contributed by atoms with Crippen LogP contribution in [-0.4, -0.2) is 85.4 Å². The summed E-state index contributed by atoms with van der Waals surface area (Å²) in [5.41, 5.74) is 2.06. The molecular formula is C29H36Cl2F3N3O4. The number of alkyl halides is 3. The molecule has 1 N–H and O–H groups in total. The van der Waals surface area contributed by atoms with E-state index in [4.69, 9.17) is 37.8 Å². The van der Waals surface area contributed by atoms with E-state index < -0.39 is 12.1 Å². The standard InChI is InChI=1S/C27H35Cl2N3O2.C2HF3O2/c1-27(2)12-4-13-30(20-27)14-5-19-34-22-10-8-21(9-11-22)31-15-17-32(18-16-31)26(33)23-6-3-7-24(28)25(23)29;3-2(4,5)1(6)7/h3,6-11H,4-5,12-20H2,1-2H3;(H,6,7). The minimum Gasteiger partial charge on any atom is -0.494 e. The minimum absolute atomic E-state index is 0.0657. The van der Waals surface area contributed by atoms with Crippen LogP contribution in [-0.2, 0) is 4.79 Å². The summed E-state index contributed by atoms with van der Waals surface area (Å²) in [5, 5.41) is 7.86. The maximum absolute atomic E-state index is 12.9. The lowest BCUT2D eigenvalue weighted by molar-refractivity contribution is -0.192. The molecule has 2 fully saturated rings. The second kappa shape index (κ2) is 14.5. The van der Waals surface area contributed by atoms with E-state index in [-0.39, 0.29) is 5.91 Å². The van der Waals surface area contributed by atoms with Crippen molar-refractivity contribution in [2.24, 2.45) is 5.41 Å². The number of carbonyl (C=O) groups is 2. The second-order valence-electron chi connectivity index (χ2n) is 10.9. The Labute approximate surface area is 248 Å². The van der Waals surface area contributed by atoms with Crippen LogP contribution < -0.4 is 9.64 Å². The number of nitrogens with zero attached hydrogens (tertiary/aromatic N) is 3. The Morgan fingerprint density at radius 1 is 1.00 bits per heavy atom. The first-order valence-corrected chi connectivity index (χ1v) is 14.3. The van der Waals surface area contributed by atoms with E-state index in [9.17, 15) is 18.0 Å². The van der Waals surface area contributed by atoms with Gasteiger partial charge in [0.2, 0.25) is 0 Å². The number of likely N-dealkylation sites (tertiary alicyclic amines) is 1. The molecule has 0 radical (unpaired) electrons. The van der Waals surface area contributed by atoms with Gasteiger partial charge in [0, 0.05) is 45.0 Å². The molecule has 2 aliphatic rings. The summed E-state index contributed by atoms with van der Waals surface area (Å²) in [7, 11) is 0. The molecule has 12 heteroatoms. The van der Waals surface area contributed by atoms with Crippen LogP contribution in [0.1, 0.15) is 43.5 Å². The van der Waals surface area contributed by atoms with Crippen molar-refractivity contribution in [2.45, 2.75) is 39.3 Å². The molecule has 226 valence electrons. The van der Waals surface area contributed by atoms with Crippen molar-refractivity contribution in [1.29, 1.82) is 0 Å². The van der Waals surface area contributed by atoms with Gasteiger partial charge in [0.1, 0.15) is 5.75 Å². The first-order valence-electron chi connectivity index (χ1n) is 13.5. The van der Waals surface area contributed by atoms with E-state index in [1.54, 1.807) is 18.2 Å². The van der Waals surface area contributed by atoms with Crippen molar-refractivity contribution < 1.29 is 32.6 Å². The lowest BCUT2D eigenvalue weighted by Crippen LogP contribution is -2.48. The minimum atomic E-state index is -5.08. The number of piperazine rings is 1. The lowest BCUT2D eigenvalue weighted by Gasteiger charge is -2.38. The van der Waals surface area contributed by atoms with Crippen molar-refractivity contribution >= 4 is 40.8 Å². The predicted octanol–water partition coefficient (Wildman–Crippen LogP) is 6.48. The van der Waals surface area contributed by atoms with E-state index in [1.165, 1.54) is 25.9 Å². The van der Waals surface area contributed by atoms with Crippen LogP contribution in [0.25, 0.3) is 0 Å². The SMILES string of the molecule is CC1(C)CCCN(CCCOc2ccc(N3CCN(C(=O)c4cccc(Cl)c4Cl)CC3)cc2)C1.O=C(O)C(F)(F)F. The van der Waals surface area contributed by atoms with Gasteiger partial charge in [-0.15, -0.1) is 0 Å². The van der Waals surface area contributed by atoms with Gasteiger partial charge in [-0.05, 0) is 67.6 Å². The molecule has 0 spiro atoms. The first kappa shape index (κ1) is 32.8. The molecule has 2 aromatic rings. The number of aliphatic carboxylic acids is 1. The molecular weight excluding hydrogens is 582 g/mol. The largest absolute Gasteiger partial charge is 0.494 e. The van der Waals surface area contributed by atoms with Gasteiger partial charge in [-0.2, -0.15) is 13.2 Å². The zero-order valence-electron chi connectivity index (χ0n) is 23.2. The number of hydrogen-bond acceptors (Lipinski definition) is 5. The van der Waals surface area contributed by atoms with Crippen molar-refractivity contribution in [3.63, 3.8) is 0 Å². The van der Waals surface area contributed by atoms with Gasteiger partial charge in [0.25, 0.3) is 5.91 Å². The summed E-state index contributed by atoms with van der Waals surface area (Å²) in [6.07, 6.45) is -1.41. The Hall–Kier alpha value is -2.69. The number of carboxylic acids is 1. The molecule has 0 unspecified atom stereocenters. The first-order chi connectivity index (χ1) is 19.3. The molecule has 0 aromatic heterocycles. The average Bonchev–Trinajstić information content (AvgIpc) is 2.92. The fourth-order valence-corrected chi connectivity index (χ4v) is 5.36. The number of piperidine rings is 1. The van der Waals surface area contributed by atoms with E-state index in [1.807, 2.05) is 17.0 Å². The topological polar surface area (TPSA) is 73.3 Å². The third-order valence-corrected chi connectivity index (χ3v) is 7.88. The summed E-state index contributed by atoms with van der Waals surface area (Å²) in [6, 6.07) is 13.5. The lowest BCUT2D eigenvalue weighted by atomic mass is 9.84. The number of hydrogen-bond donors (Lipinski definition) is 1. The van der Waals surface area contributed by atoms with E-state index in [0.29, 0.717) is 34.1 Å². The molecule has 41 heavy (non-hydrogen) atoms. The Kier molecular flexibility index (Phi) is 11.6. The molecule has 2 aromatic carbocycles. The second-order valence-corrected chi connectivity index (χ2v) is 11.7. The van der Waals surface area contributed by atoms with Crippen LogP contribution in [0.2, 0.25) is 10.0 Å². The molecule has 0 aliphatic carbocycles. The third kappa shape index (κ3) is 9.97. The summed E-state index contributed by atoms with van der Waals surface area (Å²) >= 11 is 12.3. The summed E-state index contributed by atoms with van der Waals surface area (Å²) in [6.45, 7) is 11.8. The van der Waals surface area contributed by atoms with Gasteiger partial charge in [-0.25, -0.2) is 4.79 Å².